The first-order valence-electron chi connectivity index (χ1n) is 11.7. The minimum atomic E-state index is -3.62. The van der Waals surface area contributed by atoms with E-state index in [0.29, 0.717) is 25.6 Å². The first kappa shape index (κ1) is 23.5. The van der Waals surface area contributed by atoms with Gasteiger partial charge in [-0.1, -0.05) is 13.8 Å². The van der Waals surface area contributed by atoms with Gasteiger partial charge in [-0.2, -0.15) is 14.5 Å². The maximum Gasteiger partial charge on any atom is 0.246 e. The van der Waals surface area contributed by atoms with Gasteiger partial charge in [0.25, 0.3) is 0 Å². The van der Waals surface area contributed by atoms with Crippen LogP contribution in [0.1, 0.15) is 20.3 Å². The number of nitrogens with zero attached hydrogens (tertiary/aromatic N) is 6. The second-order valence-electron chi connectivity index (χ2n) is 9.47. The van der Waals surface area contributed by atoms with Gasteiger partial charge < -0.3 is 4.90 Å². The molecule has 184 valence electrons. The zero-order valence-corrected chi connectivity index (χ0v) is 20.9. The van der Waals surface area contributed by atoms with E-state index in [2.05, 4.69) is 35.0 Å². The summed E-state index contributed by atoms with van der Waals surface area (Å²) >= 11 is 0. The number of fused-ring (bicyclic) bond motifs is 1. The Balaban J connectivity index is 1.41. The predicted octanol–water partition coefficient (Wildman–Crippen LogP) is 3.82. The summed E-state index contributed by atoms with van der Waals surface area (Å²) in [6, 6.07) is 12.2. The van der Waals surface area contributed by atoms with E-state index in [1.165, 1.54) is 23.0 Å². The average molecular weight is 497 g/mol. The molecule has 0 spiro atoms. The molecule has 0 radical (unpaired) electrons. The summed E-state index contributed by atoms with van der Waals surface area (Å²) in [7, 11) is -1.90. The van der Waals surface area contributed by atoms with Crippen LogP contribution in [-0.4, -0.2) is 58.0 Å². The number of aromatic nitrogens is 4. The maximum absolute atomic E-state index is 13.4. The SMILES string of the molecule is CC(C)CC1CN(c2ccc3c(cnn3-c3ccc(F)cc3)c2)CCN1S(=O)(=O)c1cnn(C)c1. The lowest BCUT2D eigenvalue weighted by Crippen LogP contribution is -2.55. The summed E-state index contributed by atoms with van der Waals surface area (Å²) in [5.74, 6) is 0.0658. The number of hydrogen-bond acceptors (Lipinski definition) is 5. The van der Waals surface area contributed by atoms with Crippen molar-refractivity contribution in [2.45, 2.75) is 31.2 Å². The summed E-state index contributed by atoms with van der Waals surface area (Å²) in [5, 5.41) is 9.52. The Morgan fingerprint density at radius 1 is 1.03 bits per heavy atom. The van der Waals surface area contributed by atoms with Crippen molar-refractivity contribution >= 4 is 26.6 Å². The van der Waals surface area contributed by atoms with E-state index in [-0.39, 0.29) is 16.8 Å². The third kappa shape index (κ3) is 4.55. The predicted molar refractivity (Wildman–Crippen MR) is 134 cm³/mol. The van der Waals surface area contributed by atoms with Crippen LogP contribution in [0.3, 0.4) is 0 Å². The molecular weight excluding hydrogens is 467 g/mol. The Labute approximate surface area is 204 Å². The second-order valence-corrected chi connectivity index (χ2v) is 11.4. The van der Waals surface area contributed by atoms with E-state index >= 15 is 0 Å². The quantitative estimate of drug-likeness (QED) is 0.406. The van der Waals surface area contributed by atoms with Crippen LogP contribution in [-0.2, 0) is 17.1 Å². The second kappa shape index (κ2) is 9.09. The van der Waals surface area contributed by atoms with Gasteiger partial charge in [-0.3, -0.25) is 4.68 Å². The number of halogens is 1. The normalized spacial score (nSPS) is 17.5. The summed E-state index contributed by atoms with van der Waals surface area (Å²) in [6.45, 7) is 5.83. The van der Waals surface area contributed by atoms with Gasteiger partial charge in [0.2, 0.25) is 10.0 Å². The number of aryl methyl sites for hydroxylation is 1. The molecule has 0 N–H and O–H groups in total. The monoisotopic (exact) mass is 496 g/mol. The number of benzene rings is 2. The molecule has 8 nitrogen and oxygen atoms in total. The molecule has 1 unspecified atom stereocenters. The number of hydrogen-bond donors (Lipinski definition) is 0. The van der Waals surface area contributed by atoms with Gasteiger partial charge >= 0.3 is 0 Å². The van der Waals surface area contributed by atoms with Crippen molar-refractivity contribution in [2.24, 2.45) is 13.0 Å². The molecule has 1 aliphatic rings. The molecule has 1 atom stereocenters. The van der Waals surface area contributed by atoms with Crippen molar-refractivity contribution in [1.29, 1.82) is 0 Å². The van der Waals surface area contributed by atoms with Crippen LogP contribution >= 0.6 is 0 Å². The van der Waals surface area contributed by atoms with E-state index < -0.39 is 10.0 Å². The minimum absolute atomic E-state index is 0.147. The maximum atomic E-state index is 13.4. The van der Waals surface area contributed by atoms with Crippen molar-refractivity contribution in [3.8, 4) is 5.69 Å². The number of rotatable bonds is 6. The molecule has 0 saturated carbocycles. The van der Waals surface area contributed by atoms with Gasteiger partial charge in [0.1, 0.15) is 10.7 Å². The molecule has 35 heavy (non-hydrogen) atoms. The Hall–Kier alpha value is -3.24. The van der Waals surface area contributed by atoms with Gasteiger partial charge in [-0.15, -0.1) is 0 Å². The van der Waals surface area contributed by atoms with E-state index in [1.54, 1.807) is 40.6 Å². The number of sulfonamides is 1. The van der Waals surface area contributed by atoms with Gasteiger partial charge in [-0.05, 0) is 54.8 Å². The van der Waals surface area contributed by atoms with Crippen LogP contribution in [0, 0.1) is 11.7 Å². The van der Waals surface area contributed by atoms with Gasteiger partial charge in [0.05, 0.1) is 23.6 Å². The van der Waals surface area contributed by atoms with Crippen LogP contribution in [0.5, 0.6) is 0 Å². The van der Waals surface area contributed by atoms with E-state index in [9.17, 15) is 12.8 Å². The topological polar surface area (TPSA) is 76.3 Å². The largest absolute Gasteiger partial charge is 0.369 e. The number of anilines is 1. The fraction of sp³-hybridized carbons (Fsp3) is 0.360. The third-order valence-electron chi connectivity index (χ3n) is 6.45. The summed E-state index contributed by atoms with van der Waals surface area (Å²) in [4.78, 5) is 2.48. The summed E-state index contributed by atoms with van der Waals surface area (Å²) in [5.41, 5.74) is 2.75. The Morgan fingerprint density at radius 2 is 1.77 bits per heavy atom. The van der Waals surface area contributed by atoms with Crippen molar-refractivity contribution in [2.75, 3.05) is 24.5 Å². The first-order valence-corrected chi connectivity index (χ1v) is 13.2. The van der Waals surface area contributed by atoms with Crippen molar-refractivity contribution in [1.82, 2.24) is 23.9 Å². The highest BCUT2D eigenvalue weighted by atomic mass is 32.2. The smallest absolute Gasteiger partial charge is 0.246 e. The fourth-order valence-electron chi connectivity index (χ4n) is 4.80. The molecule has 2 aromatic heterocycles. The zero-order chi connectivity index (χ0) is 24.7. The van der Waals surface area contributed by atoms with Gasteiger partial charge in [0, 0.05) is 50.0 Å². The third-order valence-corrected chi connectivity index (χ3v) is 8.35. The highest BCUT2D eigenvalue weighted by Gasteiger charge is 2.37. The standard InChI is InChI=1S/C25H29FN6O2S/c1-18(2)12-23-16-30(10-11-31(23)35(33,34)24-15-27-29(3)17-24)22-8-9-25-19(13-22)14-28-32(25)21-6-4-20(26)5-7-21/h4-9,13-15,17-18,23H,10-12,16H2,1-3H3. The zero-order valence-electron chi connectivity index (χ0n) is 20.0. The van der Waals surface area contributed by atoms with Crippen LogP contribution in [0.2, 0.25) is 0 Å². The molecule has 10 heteroatoms. The van der Waals surface area contributed by atoms with E-state index in [1.807, 2.05) is 12.1 Å². The average Bonchev–Trinajstić information content (AvgIpc) is 3.45. The van der Waals surface area contributed by atoms with Crippen LogP contribution in [0.4, 0.5) is 10.1 Å². The van der Waals surface area contributed by atoms with Crippen LogP contribution in [0.25, 0.3) is 16.6 Å². The van der Waals surface area contributed by atoms with Gasteiger partial charge in [-0.25, -0.2) is 17.5 Å². The molecule has 2 aromatic carbocycles. The summed E-state index contributed by atoms with van der Waals surface area (Å²) in [6.07, 6.45) is 5.54. The Morgan fingerprint density at radius 3 is 2.46 bits per heavy atom. The van der Waals surface area contributed by atoms with Crippen molar-refractivity contribution < 1.29 is 12.8 Å². The summed E-state index contributed by atoms with van der Waals surface area (Å²) < 4.78 is 45.1. The lowest BCUT2D eigenvalue weighted by Gasteiger charge is -2.42. The molecule has 1 aliphatic heterocycles. The Bertz CT molecular complexity index is 1440. The van der Waals surface area contributed by atoms with E-state index in [0.717, 1.165) is 28.7 Å². The Kier molecular flexibility index (Phi) is 6.10. The highest BCUT2D eigenvalue weighted by Crippen LogP contribution is 2.30. The first-order chi connectivity index (χ1) is 16.7. The molecular formula is C25H29FN6O2S. The molecule has 4 aromatic rings. The van der Waals surface area contributed by atoms with Crippen LogP contribution < -0.4 is 4.90 Å². The molecule has 1 saturated heterocycles. The van der Waals surface area contributed by atoms with Crippen LogP contribution in [0.15, 0.2) is 66.0 Å². The lowest BCUT2D eigenvalue weighted by molar-refractivity contribution is 0.256. The highest BCUT2D eigenvalue weighted by molar-refractivity contribution is 7.89. The van der Waals surface area contributed by atoms with Gasteiger partial charge in [0.15, 0.2) is 0 Å². The number of piperazine rings is 1. The fourth-order valence-corrected chi connectivity index (χ4v) is 6.40. The van der Waals surface area contributed by atoms with Crippen molar-refractivity contribution in [3.05, 3.63) is 66.9 Å². The van der Waals surface area contributed by atoms with Crippen molar-refractivity contribution in [3.63, 3.8) is 0 Å². The van der Waals surface area contributed by atoms with E-state index in [4.69, 9.17) is 0 Å². The molecule has 0 aliphatic carbocycles. The molecule has 5 rings (SSSR count). The molecule has 0 amide bonds. The molecule has 1 fully saturated rings. The minimum Gasteiger partial charge on any atom is -0.369 e. The molecule has 3 heterocycles. The lowest BCUT2D eigenvalue weighted by atomic mass is 10.0. The molecule has 0 bridgehead atoms.